The maximum atomic E-state index is 6.42. The van der Waals surface area contributed by atoms with Gasteiger partial charge in [-0.25, -0.2) is 0 Å². The molecule has 0 amide bonds. The lowest BCUT2D eigenvalue weighted by Crippen LogP contribution is -2.47. The van der Waals surface area contributed by atoms with Crippen molar-refractivity contribution in [1.82, 2.24) is 0 Å². The Morgan fingerprint density at radius 1 is 1.20 bits per heavy atom. The number of hydrogen-bond acceptors (Lipinski definition) is 2. The molecule has 2 bridgehead atoms. The minimum atomic E-state index is 0.0902. The molecule has 0 aromatic rings. The highest BCUT2D eigenvalue weighted by atomic mass is 127. The summed E-state index contributed by atoms with van der Waals surface area (Å²) in [7, 11) is 0. The van der Waals surface area contributed by atoms with E-state index in [-0.39, 0.29) is 11.2 Å². The Kier molecular flexibility index (Phi) is 2.57. The van der Waals surface area contributed by atoms with Gasteiger partial charge in [0.15, 0.2) is 0 Å². The third-order valence-corrected chi connectivity index (χ3v) is 6.01. The van der Waals surface area contributed by atoms with Gasteiger partial charge in [0, 0.05) is 4.43 Å². The molecule has 3 aliphatic heterocycles. The third kappa shape index (κ3) is 1.65. The fourth-order valence-electron chi connectivity index (χ4n) is 3.44. The Balaban J connectivity index is 1.81. The van der Waals surface area contributed by atoms with Crippen LogP contribution in [0.5, 0.6) is 0 Å². The van der Waals surface area contributed by atoms with E-state index < -0.39 is 0 Å². The minimum absolute atomic E-state index is 0.0902. The molecule has 3 aliphatic rings. The summed E-state index contributed by atoms with van der Waals surface area (Å²) in [5, 5.41) is 0. The molecule has 0 aromatic carbocycles. The van der Waals surface area contributed by atoms with Crippen LogP contribution in [0.4, 0.5) is 0 Å². The maximum Gasteiger partial charge on any atom is 0.0952 e. The number of alkyl halides is 1. The molecule has 3 rings (SSSR count). The van der Waals surface area contributed by atoms with Crippen LogP contribution < -0.4 is 0 Å². The molecule has 3 saturated heterocycles. The van der Waals surface area contributed by atoms with Gasteiger partial charge in [-0.3, -0.25) is 0 Å². The summed E-state index contributed by atoms with van der Waals surface area (Å²) in [5.41, 5.74) is 0.201. The Hall–Kier alpha value is 0.650. The molecule has 3 fully saturated rings. The van der Waals surface area contributed by atoms with Gasteiger partial charge < -0.3 is 9.47 Å². The van der Waals surface area contributed by atoms with Gasteiger partial charge in [-0.05, 0) is 45.4 Å². The van der Waals surface area contributed by atoms with Crippen LogP contribution in [0.25, 0.3) is 0 Å². The summed E-state index contributed by atoms with van der Waals surface area (Å²) in [6, 6.07) is 0. The predicted octanol–water partition coefficient (Wildman–Crippen LogP) is 3.07. The van der Waals surface area contributed by atoms with E-state index in [0.29, 0.717) is 12.2 Å². The van der Waals surface area contributed by atoms with Crippen molar-refractivity contribution in [1.29, 1.82) is 0 Å². The van der Waals surface area contributed by atoms with Gasteiger partial charge >= 0.3 is 0 Å². The van der Waals surface area contributed by atoms with Crippen molar-refractivity contribution in [3.63, 3.8) is 0 Å². The van der Waals surface area contributed by atoms with Gasteiger partial charge in [0.25, 0.3) is 0 Å². The van der Waals surface area contributed by atoms with E-state index in [9.17, 15) is 0 Å². The van der Waals surface area contributed by atoms with Crippen LogP contribution in [0.15, 0.2) is 0 Å². The Morgan fingerprint density at radius 3 is 2.80 bits per heavy atom. The smallest absolute Gasteiger partial charge is 0.0952 e. The molecule has 3 heterocycles. The quantitative estimate of drug-likeness (QED) is 0.546. The Bertz CT molecular complexity index is 270. The van der Waals surface area contributed by atoms with Crippen LogP contribution in [0.3, 0.4) is 0 Å². The van der Waals surface area contributed by atoms with Crippen LogP contribution in [0.1, 0.15) is 45.4 Å². The van der Waals surface area contributed by atoms with Crippen molar-refractivity contribution in [2.24, 2.45) is 0 Å². The van der Waals surface area contributed by atoms with Crippen molar-refractivity contribution >= 4 is 22.6 Å². The van der Waals surface area contributed by atoms with E-state index >= 15 is 0 Å². The first-order valence-electron chi connectivity index (χ1n) is 6.07. The van der Waals surface area contributed by atoms with Crippen LogP contribution >= 0.6 is 22.6 Å². The zero-order valence-electron chi connectivity index (χ0n) is 9.30. The number of fused-ring (bicyclic) bond motifs is 3. The van der Waals surface area contributed by atoms with Gasteiger partial charge in [0.2, 0.25) is 0 Å². The van der Waals surface area contributed by atoms with Gasteiger partial charge in [-0.1, -0.05) is 22.6 Å². The summed E-state index contributed by atoms with van der Waals surface area (Å²) >= 11 is 2.45. The molecule has 4 atom stereocenters. The molecule has 15 heavy (non-hydrogen) atoms. The molecule has 0 aliphatic carbocycles. The first-order chi connectivity index (χ1) is 7.16. The number of ether oxygens (including phenoxy) is 2. The van der Waals surface area contributed by atoms with Crippen molar-refractivity contribution in [2.75, 3.05) is 4.43 Å². The van der Waals surface area contributed by atoms with Gasteiger partial charge in [0.1, 0.15) is 0 Å². The number of halogens is 1. The second-order valence-corrected chi connectivity index (χ2v) is 6.38. The lowest BCUT2D eigenvalue weighted by molar-refractivity contribution is -0.184. The van der Waals surface area contributed by atoms with E-state index in [1.807, 2.05) is 0 Å². The van der Waals surface area contributed by atoms with Crippen molar-refractivity contribution in [2.45, 2.75) is 68.9 Å². The summed E-state index contributed by atoms with van der Waals surface area (Å²) in [4.78, 5) is 0. The van der Waals surface area contributed by atoms with Crippen LogP contribution in [0, 0.1) is 0 Å². The average molecular weight is 322 g/mol. The second kappa shape index (κ2) is 3.57. The van der Waals surface area contributed by atoms with Gasteiger partial charge in [-0.15, -0.1) is 0 Å². The van der Waals surface area contributed by atoms with E-state index in [1.54, 1.807) is 0 Å². The lowest BCUT2D eigenvalue weighted by Gasteiger charge is -2.40. The molecule has 3 heteroatoms. The van der Waals surface area contributed by atoms with E-state index in [1.165, 1.54) is 38.5 Å². The summed E-state index contributed by atoms with van der Waals surface area (Å²) in [5.74, 6) is 0. The second-order valence-electron chi connectivity index (χ2n) is 5.61. The van der Waals surface area contributed by atoms with Gasteiger partial charge in [0.05, 0.1) is 23.4 Å². The first-order valence-corrected chi connectivity index (χ1v) is 7.60. The monoisotopic (exact) mass is 322 g/mol. The molecule has 0 radical (unpaired) electrons. The summed E-state index contributed by atoms with van der Waals surface area (Å²) < 4.78 is 13.6. The number of rotatable bonds is 1. The molecule has 1 spiro atoms. The minimum Gasteiger partial charge on any atom is -0.372 e. The van der Waals surface area contributed by atoms with Crippen LogP contribution in [-0.2, 0) is 9.47 Å². The van der Waals surface area contributed by atoms with E-state index in [2.05, 4.69) is 29.5 Å². The van der Waals surface area contributed by atoms with Crippen molar-refractivity contribution in [3.8, 4) is 0 Å². The van der Waals surface area contributed by atoms with Crippen LogP contribution in [0.2, 0.25) is 0 Å². The molecule has 0 aromatic heterocycles. The van der Waals surface area contributed by atoms with Crippen molar-refractivity contribution < 1.29 is 9.47 Å². The fourth-order valence-corrected chi connectivity index (χ4v) is 3.97. The Morgan fingerprint density at radius 2 is 2.07 bits per heavy atom. The topological polar surface area (TPSA) is 18.5 Å². The standard InChI is InChI=1S/C12H19IO2/c1-11(8-13)6-7-12(15-11)5-4-9-2-3-10(12)14-9/h9-10H,2-8H2,1H3. The lowest BCUT2D eigenvalue weighted by atomic mass is 9.86. The zero-order valence-corrected chi connectivity index (χ0v) is 11.5. The molecule has 2 nitrogen and oxygen atoms in total. The Labute approximate surface area is 105 Å². The maximum absolute atomic E-state index is 6.42. The number of hydrogen-bond donors (Lipinski definition) is 0. The summed E-state index contributed by atoms with van der Waals surface area (Å²) in [6.07, 6.45) is 8.31. The van der Waals surface area contributed by atoms with Crippen molar-refractivity contribution in [3.05, 3.63) is 0 Å². The summed E-state index contributed by atoms with van der Waals surface area (Å²) in [6.45, 7) is 2.26. The zero-order chi connectivity index (χ0) is 10.5. The van der Waals surface area contributed by atoms with Gasteiger partial charge in [-0.2, -0.15) is 0 Å². The van der Waals surface area contributed by atoms with E-state index in [0.717, 1.165) is 4.43 Å². The van der Waals surface area contributed by atoms with E-state index in [4.69, 9.17) is 9.47 Å². The largest absolute Gasteiger partial charge is 0.372 e. The average Bonchev–Trinajstić information content (AvgIpc) is 2.78. The predicted molar refractivity (Wildman–Crippen MR) is 67.5 cm³/mol. The highest BCUT2D eigenvalue weighted by Crippen LogP contribution is 2.51. The van der Waals surface area contributed by atoms with Crippen LogP contribution in [-0.4, -0.2) is 27.8 Å². The molecule has 86 valence electrons. The molecule has 4 unspecified atom stereocenters. The molecular formula is C12H19IO2. The first kappa shape index (κ1) is 10.8. The molecular weight excluding hydrogens is 303 g/mol. The third-order valence-electron chi connectivity index (χ3n) is 4.39. The SMILES string of the molecule is CC1(CI)CCC2(CCC3CCC2O3)O1. The highest BCUT2D eigenvalue weighted by Gasteiger charge is 2.55. The fraction of sp³-hybridized carbons (Fsp3) is 1.00. The normalized spacial score (nSPS) is 54.0. The highest BCUT2D eigenvalue weighted by molar-refractivity contribution is 14.1. The molecule has 0 saturated carbocycles. The molecule has 0 N–H and O–H groups in total.